The molecule has 0 saturated heterocycles. The minimum absolute atomic E-state index is 0.0609. The van der Waals surface area contributed by atoms with Crippen molar-refractivity contribution in [3.8, 4) is 0 Å². The van der Waals surface area contributed by atoms with Gasteiger partial charge in [0, 0.05) is 17.3 Å². The molecule has 0 atom stereocenters. The molecule has 0 fully saturated rings. The lowest BCUT2D eigenvalue weighted by atomic mass is 10.3. The summed E-state index contributed by atoms with van der Waals surface area (Å²) in [5.74, 6) is -1.21. The number of azide groups is 1. The highest BCUT2D eigenvalue weighted by atomic mass is 19.4. The highest BCUT2D eigenvalue weighted by Crippen LogP contribution is 2.25. The standard InChI is InChI=1S/C6H4F3N5/c7-6(8,9)5-11-1-4(2-12-5)3-13-14-10/h1-2H,3H2. The van der Waals surface area contributed by atoms with Crippen molar-refractivity contribution in [2.45, 2.75) is 12.7 Å². The van der Waals surface area contributed by atoms with Gasteiger partial charge in [-0.3, -0.25) is 0 Å². The van der Waals surface area contributed by atoms with Crippen LogP contribution in [0.2, 0.25) is 0 Å². The Morgan fingerprint density at radius 3 is 2.36 bits per heavy atom. The normalized spacial score (nSPS) is 10.8. The molecule has 0 radical (unpaired) electrons. The highest BCUT2D eigenvalue weighted by Gasteiger charge is 2.34. The van der Waals surface area contributed by atoms with Gasteiger partial charge < -0.3 is 0 Å². The van der Waals surface area contributed by atoms with Crippen LogP contribution in [0.1, 0.15) is 11.4 Å². The quantitative estimate of drug-likeness (QED) is 0.420. The Morgan fingerprint density at radius 2 is 1.93 bits per heavy atom. The van der Waals surface area contributed by atoms with Crippen LogP contribution < -0.4 is 0 Å². The smallest absolute Gasteiger partial charge is 0.233 e. The predicted octanol–water partition coefficient (Wildman–Crippen LogP) is 2.31. The molecule has 14 heavy (non-hydrogen) atoms. The Labute approximate surface area is 76.2 Å². The van der Waals surface area contributed by atoms with Crippen molar-refractivity contribution in [2.24, 2.45) is 5.11 Å². The molecule has 5 nitrogen and oxygen atoms in total. The molecule has 0 bridgehead atoms. The lowest BCUT2D eigenvalue weighted by Crippen LogP contribution is -2.10. The van der Waals surface area contributed by atoms with E-state index in [1.54, 1.807) is 0 Å². The molecule has 0 unspecified atom stereocenters. The van der Waals surface area contributed by atoms with Gasteiger partial charge in [0.1, 0.15) is 0 Å². The molecule has 1 aromatic rings. The van der Waals surface area contributed by atoms with Crippen LogP contribution in [-0.2, 0) is 12.7 Å². The van der Waals surface area contributed by atoms with E-state index in [0.29, 0.717) is 5.56 Å². The van der Waals surface area contributed by atoms with Crippen molar-refractivity contribution in [1.29, 1.82) is 0 Å². The fraction of sp³-hybridized carbons (Fsp3) is 0.333. The lowest BCUT2D eigenvalue weighted by molar-refractivity contribution is -0.145. The van der Waals surface area contributed by atoms with E-state index in [1.807, 2.05) is 0 Å². The molecule has 8 heteroatoms. The van der Waals surface area contributed by atoms with E-state index >= 15 is 0 Å². The van der Waals surface area contributed by atoms with Crippen LogP contribution in [0.5, 0.6) is 0 Å². The number of nitrogens with zero attached hydrogens (tertiary/aromatic N) is 5. The van der Waals surface area contributed by atoms with Gasteiger partial charge in [-0.05, 0) is 11.1 Å². The van der Waals surface area contributed by atoms with Gasteiger partial charge in [-0.2, -0.15) is 13.2 Å². The molecule has 0 aliphatic heterocycles. The Kier molecular flexibility index (Phi) is 2.88. The van der Waals surface area contributed by atoms with E-state index in [2.05, 4.69) is 20.0 Å². The second kappa shape index (κ2) is 3.93. The minimum atomic E-state index is -4.54. The summed E-state index contributed by atoms with van der Waals surface area (Å²) in [4.78, 5) is 8.62. The van der Waals surface area contributed by atoms with Crippen molar-refractivity contribution in [3.05, 3.63) is 34.2 Å². The number of hydrogen-bond acceptors (Lipinski definition) is 3. The van der Waals surface area contributed by atoms with E-state index in [-0.39, 0.29) is 6.54 Å². The van der Waals surface area contributed by atoms with Crippen LogP contribution in [0.25, 0.3) is 10.4 Å². The van der Waals surface area contributed by atoms with Crippen molar-refractivity contribution in [3.63, 3.8) is 0 Å². The molecule has 1 rings (SSSR count). The third-order valence-corrected chi connectivity index (χ3v) is 1.28. The van der Waals surface area contributed by atoms with Crippen molar-refractivity contribution < 1.29 is 13.2 Å². The van der Waals surface area contributed by atoms with Gasteiger partial charge >= 0.3 is 6.18 Å². The van der Waals surface area contributed by atoms with Gasteiger partial charge in [0.15, 0.2) is 0 Å². The average molecular weight is 203 g/mol. The summed E-state index contributed by atoms with van der Waals surface area (Å²) in [7, 11) is 0. The van der Waals surface area contributed by atoms with Crippen molar-refractivity contribution in [1.82, 2.24) is 9.97 Å². The number of hydrogen-bond donors (Lipinski definition) is 0. The number of aromatic nitrogens is 2. The first-order valence-corrected chi connectivity index (χ1v) is 3.43. The average Bonchev–Trinajstić information content (AvgIpc) is 2.14. The Bertz CT molecular complexity index is 351. The van der Waals surface area contributed by atoms with Crippen molar-refractivity contribution >= 4 is 0 Å². The minimum Gasteiger partial charge on any atom is -0.233 e. The molecule has 0 amide bonds. The van der Waals surface area contributed by atoms with Crippen LogP contribution >= 0.6 is 0 Å². The van der Waals surface area contributed by atoms with Crippen LogP contribution in [0.3, 0.4) is 0 Å². The van der Waals surface area contributed by atoms with Gasteiger partial charge in [-0.25, -0.2) is 9.97 Å². The number of halogens is 3. The van der Waals surface area contributed by atoms with Crippen LogP contribution in [-0.4, -0.2) is 9.97 Å². The molecule has 0 spiro atoms. The summed E-state index contributed by atoms with van der Waals surface area (Å²) in [5.41, 5.74) is 8.28. The van der Waals surface area contributed by atoms with Crippen LogP contribution in [0.15, 0.2) is 17.5 Å². The van der Waals surface area contributed by atoms with Gasteiger partial charge in [-0.1, -0.05) is 5.11 Å². The predicted molar refractivity (Wildman–Crippen MR) is 39.9 cm³/mol. The second-order valence-electron chi connectivity index (χ2n) is 2.30. The third-order valence-electron chi connectivity index (χ3n) is 1.28. The zero-order valence-electron chi connectivity index (χ0n) is 6.73. The topological polar surface area (TPSA) is 74.5 Å². The summed E-state index contributed by atoms with van der Waals surface area (Å²) in [6.45, 7) is -0.0609. The summed E-state index contributed by atoms with van der Waals surface area (Å²) in [6.07, 6.45) is -2.59. The SMILES string of the molecule is [N-]=[N+]=NCc1cnc(C(F)(F)F)nc1. The lowest BCUT2D eigenvalue weighted by Gasteiger charge is -2.03. The van der Waals surface area contributed by atoms with E-state index in [0.717, 1.165) is 12.4 Å². The fourth-order valence-electron chi connectivity index (χ4n) is 0.696. The largest absolute Gasteiger partial charge is 0.451 e. The first-order chi connectivity index (χ1) is 6.54. The van der Waals surface area contributed by atoms with Crippen LogP contribution in [0.4, 0.5) is 13.2 Å². The summed E-state index contributed by atoms with van der Waals surface area (Å²) < 4.78 is 35.9. The number of rotatable bonds is 2. The Hall–Kier alpha value is -1.82. The monoisotopic (exact) mass is 203 g/mol. The van der Waals surface area contributed by atoms with Crippen LogP contribution in [0, 0.1) is 0 Å². The van der Waals surface area contributed by atoms with E-state index in [1.165, 1.54) is 0 Å². The Morgan fingerprint density at radius 1 is 1.36 bits per heavy atom. The summed E-state index contributed by atoms with van der Waals surface area (Å²) in [5, 5.41) is 3.15. The number of alkyl halides is 3. The Balaban J connectivity index is 2.83. The first kappa shape index (κ1) is 10.3. The summed E-state index contributed by atoms with van der Waals surface area (Å²) in [6, 6.07) is 0. The molecule has 0 aromatic carbocycles. The molecule has 0 N–H and O–H groups in total. The molecule has 74 valence electrons. The molecule has 1 aromatic heterocycles. The molecule has 1 heterocycles. The molecule has 0 aliphatic carbocycles. The zero-order valence-corrected chi connectivity index (χ0v) is 6.73. The molecule has 0 saturated carbocycles. The maximum absolute atomic E-state index is 12.0. The first-order valence-electron chi connectivity index (χ1n) is 3.43. The maximum Gasteiger partial charge on any atom is 0.451 e. The maximum atomic E-state index is 12.0. The fourth-order valence-corrected chi connectivity index (χ4v) is 0.696. The summed E-state index contributed by atoms with van der Waals surface area (Å²) >= 11 is 0. The van der Waals surface area contributed by atoms with Gasteiger partial charge in [0.05, 0.1) is 6.54 Å². The zero-order chi connectivity index (χ0) is 10.6. The molecular weight excluding hydrogens is 199 g/mol. The van der Waals surface area contributed by atoms with Gasteiger partial charge in [0.25, 0.3) is 0 Å². The van der Waals surface area contributed by atoms with Gasteiger partial charge in [-0.15, -0.1) is 0 Å². The van der Waals surface area contributed by atoms with Crippen molar-refractivity contribution in [2.75, 3.05) is 0 Å². The second-order valence-corrected chi connectivity index (χ2v) is 2.30. The van der Waals surface area contributed by atoms with E-state index in [4.69, 9.17) is 5.53 Å². The van der Waals surface area contributed by atoms with E-state index < -0.39 is 12.0 Å². The van der Waals surface area contributed by atoms with Gasteiger partial charge in [0.2, 0.25) is 5.82 Å². The molecule has 0 aliphatic rings. The highest BCUT2D eigenvalue weighted by molar-refractivity contribution is 5.06. The third kappa shape index (κ3) is 2.60. The molecular formula is C6H4F3N5. The van der Waals surface area contributed by atoms with E-state index in [9.17, 15) is 13.2 Å².